The minimum atomic E-state index is 0.113. The van der Waals surface area contributed by atoms with E-state index < -0.39 is 0 Å². The van der Waals surface area contributed by atoms with Crippen LogP contribution in [-0.4, -0.2) is 21.0 Å². The van der Waals surface area contributed by atoms with Crippen molar-refractivity contribution in [3.8, 4) is 0 Å². The molecule has 2 aromatic rings. The Morgan fingerprint density at radius 1 is 1.22 bits per heavy atom. The van der Waals surface area contributed by atoms with Gasteiger partial charge in [0.15, 0.2) is 0 Å². The molecule has 7 heteroatoms. The third-order valence-electron chi connectivity index (χ3n) is 2.36. The Morgan fingerprint density at radius 3 is 2.39 bits per heavy atom. The molecule has 2 rings (SSSR count). The number of rotatable bonds is 4. The molecule has 0 atom stereocenters. The molecule has 0 N–H and O–H groups in total. The first-order chi connectivity index (χ1) is 8.56. The highest BCUT2D eigenvalue weighted by Gasteiger charge is 2.16. The van der Waals surface area contributed by atoms with E-state index in [1.165, 1.54) is 4.88 Å². The molecule has 0 saturated heterocycles. The maximum atomic E-state index is 5.81. The van der Waals surface area contributed by atoms with Crippen LogP contribution in [-0.2, 0) is 6.54 Å². The summed E-state index contributed by atoms with van der Waals surface area (Å²) in [4.78, 5) is 15.3. The van der Waals surface area contributed by atoms with Gasteiger partial charge in [-0.3, -0.25) is 0 Å². The van der Waals surface area contributed by atoms with Crippen LogP contribution in [0.1, 0.15) is 18.7 Å². The van der Waals surface area contributed by atoms with Crippen molar-refractivity contribution in [1.29, 1.82) is 0 Å². The average molecular weight is 303 g/mol. The van der Waals surface area contributed by atoms with Crippen molar-refractivity contribution in [2.75, 3.05) is 4.90 Å². The van der Waals surface area contributed by atoms with Crippen LogP contribution < -0.4 is 4.90 Å². The van der Waals surface area contributed by atoms with Crippen molar-refractivity contribution in [2.45, 2.75) is 26.4 Å². The van der Waals surface area contributed by atoms with Gasteiger partial charge in [0, 0.05) is 10.9 Å². The summed E-state index contributed by atoms with van der Waals surface area (Å²) >= 11 is 13.3. The first-order valence-electron chi connectivity index (χ1n) is 5.42. The van der Waals surface area contributed by atoms with E-state index in [4.69, 9.17) is 23.2 Å². The molecule has 0 fully saturated rings. The largest absolute Gasteiger partial charge is 0.333 e. The van der Waals surface area contributed by atoms with Crippen LogP contribution in [0.5, 0.6) is 0 Å². The summed E-state index contributed by atoms with van der Waals surface area (Å²) < 4.78 is 0. The molecule has 0 bridgehead atoms. The van der Waals surface area contributed by atoms with Crippen LogP contribution in [0, 0.1) is 0 Å². The standard InChI is InChI=1S/C11H12Cl2N4S/c1-7(2)17(6-8-4-3-5-18-8)11-15-9(12)14-10(13)16-11/h3-5,7H,6H2,1-2H3. The number of hydrogen-bond acceptors (Lipinski definition) is 5. The van der Waals surface area contributed by atoms with Crippen LogP contribution in [0.4, 0.5) is 5.95 Å². The van der Waals surface area contributed by atoms with E-state index in [-0.39, 0.29) is 16.6 Å². The van der Waals surface area contributed by atoms with Crippen molar-refractivity contribution < 1.29 is 0 Å². The SMILES string of the molecule is CC(C)N(Cc1cccs1)c1nc(Cl)nc(Cl)n1. The van der Waals surface area contributed by atoms with Crippen molar-refractivity contribution in [3.63, 3.8) is 0 Å². The maximum Gasteiger partial charge on any atom is 0.231 e. The van der Waals surface area contributed by atoms with Crippen LogP contribution in [0.15, 0.2) is 17.5 Å². The summed E-state index contributed by atoms with van der Waals surface area (Å²) in [5.74, 6) is 0.503. The first kappa shape index (κ1) is 13.5. The molecule has 2 heterocycles. The summed E-state index contributed by atoms with van der Waals surface area (Å²) in [6.07, 6.45) is 0. The summed E-state index contributed by atoms with van der Waals surface area (Å²) in [7, 11) is 0. The highest BCUT2D eigenvalue weighted by Crippen LogP contribution is 2.20. The van der Waals surface area contributed by atoms with Gasteiger partial charge >= 0.3 is 0 Å². The highest BCUT2D eigenvalue weighted by molar-refractivity contribution is 7.09. The zero-order valence-electron chi connectivity index (χ0n) is 9.97. The molecule has 0 aromatic carbocycles. The molecule has 96 valence electrons. The number of halogens is 2. The zero-order chi connectivity index (χ0) is 13.1. The molecule has 2 aromatic heterocycles. The predicted octanol–water partition coefficient (Wildman–Crippen LogP) is 3.65. The van der Waals surface area contributed by atoms with Crippen LogP contribution >= 0.6 is 34.5 Å². The summed E-state index contributed by atoms with van der Waals surface area (Å²) in [6, 6.07) is 4.33. The van der Waals surface area contributed by atoms with Gasteiger partial charge in [-0.05, 0) is 48.5 Å². The summed E-state index contributed by atoms with van der Waals surface area (Å²) in [5.41, 5.74) is 0. The number of nitrogens with zero attached hydrogens (tertiary/aromatic N) is 4. The molecule has 18 heavy (non-hydrogen) atoms. The van der Waals surface area contributed by atoms with Gasteiger partial charge in [-0.25, -0.2) is 0 Å². The fourth-order valence-electron chi connectivity index (χ4n) is 1.50. The molecule has 0 aliphatic rings. The highest BCUT2D eigenvalue weighted by atomic mass is 35.5. The lowest BCUT2D eigenvalue weighted by molar-refractivity contribution is 0.662. The number of aromatic nitrogens is 3. The average Bonchev–Trinajstić information content (AvgIpc) is 2.76. The lowest BCUT2D eigenvalue weighted by Crippen LogP contribution is -2.31. The van der Waals surface area contributed by atoms with Crippen LogP contribution in [0.3, 0.4) is 0 Å². The van der Waals surface area contributed by atoms with E-state index in [2.05, 4.69) is 34.9 Å². The maximum absolute atomic E-state index is 5.81. The number of thiophene rings is 1. The van der Waals surface area contributed by atoms with Gasteiger partial charge < -0.3 is 4.90 Å². The Labute approximate surface area is 120 Å². The Balaban J connectivity index is 2.29. The van der Waals surface area contributed by atoms with Crippen molar-refractivity contribution >= 4 is 40.5 Å². The second-order valence-corrected chi connectivity index (χ2v) is 5.68. The quantitative estimate of drug-likeness (QED) is 0.864. The topological polar surface area (TPSA) is 41.9 Å². The lowest BCUT2D eigenvalue weighted by atomic mass is 10.3. The van der Waals surface area contributed by atoms with Gasteiger partial charge in [-0.2, -0.15) is 15.0 Å². The summed E-state index contributed by atoms with van der Waals surface area (Å²) in [5, 5.41) is 2.27. The normalized spacial score (nSPS) is 10.9. The smallest absolute Gasteiger partial charge is 0.231 e. The van der Waals surface area contributed by atoms with Crippen LogP contribution in [0.25, 0.3) is 0 Å². The fourth-order valence-corrected chi connectivity index (χ4v) is 2.56. The van der Waals surface area contributed by atoms with Crippen molar-refractivity contribution in [2.24, 2.45) is 0 Å². The number of hydrogen-bond donors (Lipinski definition) is 0. The third-order valence-corrected chi connectivity index (χ3v) is 3.55. The summed E-state index contributed by atoms with van der Waals surface area (Å²) in [6.45, 7) is 4.87. The van der Waals surface area contributed by atoms with E-state index in [1.54, 1.807) is 11.3 Å². The van der Waals surface area contributed by atoms with E-state index in [0.29, 0.717) is 5.95 Å². The van der Waals surface area contributed by atoms with E-state index >= 15 is 0 Å². The zero-order valence-corrected chi connectivity index (χ0v) is 12.3. The molecule has 0 spiro atoms. The second kappa shape index (κ2) is 5.82. The first-order valence-corrected chi connectivity index (χ1v) is 7.06. The molecule has 0 aliphatic carbocycles. The van der Waals surface area contributed by atoms with Crippen LogP contribution in [0.2, 0.25) is 10.6 Å². The molecule has 0 radical (unpaired) electrons. The Kier molecular flexibility index (Phi) is 4.37. The van der Waals surface area contributed by atoms with Crippen molar-refractivity contribution in [1.82, 2.24) is 15.0 Å². The molecule has 0 saturated carbocycles. The molecular formula is C11H12Cl2N4S. The predicted molar refractivity (Wildman–Crippen MR) is 75.5 cm³/mol. The Morgan fingerprint density at radius 2 is 1.89 bits per heavy atom. The Bertz CT molecular complexity index is 496. The molecule has 0 aliphatic heterocycles. The monoisotopic (exact) mass is 302 g/mol. The minimum Gasteiger partial charge on any atom is -0.333 e. The van der Waals surface area contributed by atoms with Gasteiger partial charge in [0.05, 0.1) is 6.54 Å². The van der Waals surface area contributed by atoms with E-state index in [0.717, 1.165) is 6.54 Å². The van der Waals surface area contributed by atoms with Gasteiger partial charge in [0.2, 0.25) is 16.5 Å². The Hall–Kier alpha value is -0.910. The fraction of sp³-hybridized carbons (Fsp3) is 0.364. The lowest BCUT2D eigenvalue weighted by Gasteiger charge is -2.26. The van der Waals surface area contributed by atoms with Gasteiger partial charge in [-0.1, -0.05) is 6.07 Å². The van der Waals surface area contributed by atoms with Crippen molar-refractivity contribution in [3.05, 3.63) is 33.0 Å². The third kappa shape index (κ3) is 3.31. The second-order valence-electron chi connectivity index (χ2n) is 3.97. The molecular weight excluding hydrogens is 291 g/mol. The van der Waals surface area contributed by atoms with Gasteiger partial charge in [0.25, 0.3) is 0 Å². The van der Waals surface area contributed by atoms with E-state index in [1.807, 2.05) is 16.3 Å². The van der Waals surface area contributed by atoms with E-state index in [9.17, 15) is 0 Å². The van der Waals surface area contributed by atoms with Gasteiger partial charge in [0.1, 0.15) is 0 Å². The molecule has 0 amide bonds. The number of anilines is 1. The molecule has 0 unspecified atom stereocenters. The van der Waals surface area contributed by atoms with Gasteiger partial charge in [-0.15, -0.1) is 11.3 Å². The minimum absolute atomic E-state index is 0.113. The molecule has 4 nitrogen and oxygen atoms in total.